The molecule has 0 amide bonds. The van der Waals surface area contributed by atoms with Crippen LogP contribution in [0.15, 0.2) is 46.5 Å². The SMILES string of the molecule is N#Cc1c[nH]n2c(=O)cc(CSc3nnc(-c4cccc(Cl)c4)n3N)nc12. The Labute approximate surface area is 161 Å². The van der Waals surface area contributed by atoms with E-state index in [0.717, 1.165) is 5.56 Å². The third-order valence-corrected chi connectivity index (χ3v) is 4.98. The van der Waals surface area contributed by atoms with Crippen LogP contribution in [0.5, 0.6) is 0 Å². The highest BCUT2D eigenvalue weighted by molar-refractivity contribution is 7.98. The smallest absolute Gasteiger partial charge is 0.272 e. The fraction of sp³-hybridized carbons (Fsp3) is 0.0625. The molecule has 3 aromatic heterocycles. The molecule has 3 N–H and O–H groups in total. The molecule has 11 heteroatoms. The van der Waals surface area contributed by atoms with Crippen molar-refractivity contribution in [1.82, 2.24) is 29.5 Å². The number of benzene rings is 1. The number of fused-ring (bicyclic) bond motifs is 1. The van der Waals surface area contributed by atoms with Gasteiger partial charge in [-0.25, -0.2) is 14.2 Å². The van der Waals surface area contributed by atoms with Crippen LogP contribution in [0.1, 0.15) is 11.3 Å². The van der Waals surface area contributed by atoms with Crippen molar-refractivity contribution < 1.29 is 0 Å². The zero-order chi connectivity index (χ0) is 19.0. The predicted molar refractivity (Wildman–Crippen MR) is 101 cm³/mol. The number of aromatic amines is 1. The molecule has 134 valence electrons. The Morgan fingerprint density at radius 2 is 2.19 bits per heavy atom. The van der Waals surface area contributed by atoms with Gasteiger partial charge >= 0.3 is 0 Å². The number of hydrogen-bond acceptors (Lipinski definition) is 7. The van der Waals surface area contributed by atoms with Crippen LogP contribution >= 0.6 is 23.4 Å². The molecule has 0 bridgehead atoms. The molecule has 0 unspecified atom stereocenters. The molecule has 0 radical (unpaired) electrons. The van der Waals surface area contributed by atoms with E-state index in [-0.39, 0.29) is 11.2 Å². The monoisotopic (exact) mass is 398 g/mol. The summed E-state index contributed by atoms with van der Waals surface area (Å²) < 4.78 is 2.58. The van der Waals surface area contributed by atoms with E-state index in [4.69, 9.17) is 22.7 Å². The van der Waals surface area contributed by atoms with Gasteiger partial charge in [-0.3, -0.25) is 9.89 Å². The highest BCUT2D eigenvalue weighted by Crippen LogP contribution is 2.25. The van der Waals surface area contributed by atoms with E-state index in [2.05, 4.69) is 20.3 Å². The number of H-pyrrole nitrogens is 1. The summed E-state index contributed by atoms with van der Waals surface area (Å²) in [6.45, 7) is 0. The number of nitriles is 1. The molecule has 0 aliphatic carbocycles. The van der Waals surface area contributed by atoms with Crippen molar-refractivity contribution in [3.8, 4) is 17.5 Å². The first-order valence-electron chi connectivity index (χ1n) is 7.66. The number of hydrogen-bond donors (Lipinski definition) is 2. The molecule has 9 nitrogen and oxygen atoms in total. The number of halogens is 1. The molecule has 0 aliphatic heterocycles. The molecule has 0 fully saturated rings. The van der Waals surface area contributed by atoms with Crippen LogP contribution < -0.4 is 11.4 Å². The Bertz CT molecular complexity index is 1250. The number of nitrogen functional groups attached to an aromatic ring is 1. The molecule has 0 aliphatic rings. The van der Waals surface area contributed by atoms with E-state index in [1.807, 2.05) is 12.1 Å². The van der Waals surface area contributed by atoms with Crippen LogP contribution in [0.3, 0.4) is 0 Å². The zero-order valence-corrected chi connectivity index (χ0v) is 15.2. The highest BCUT2D eigenvalue weighted by Gasteiger charge is 2.14. The summed E-state index contributed by atoms with van der Waals surface area (Å²) in [5.41, 5.74) is 1.53. The lowest BCUT2D eigenvalue weighted by Crippen LogP contribution is -2.15. The minimum absolute atomic E-state index is 0.287. The molecule has 4 aromatic rings. The summed E-state index contributed by atoms with van der Waals surface area (Å²) >= 11 is 7.28. The topological polar surface area (TPSA) is 131 Å². The second-order valence-corrected chi connectivity index (χ2v) is 6.90. The minimum Gasteiger partial charge on any atom is -0.335 e. The predicted octanol–water partition coefficient (Wildman–Crippen LogP) is 1.81. The van der Waals surface area contributed by atoms with Gasteiger partial charge in [0.1, 0.15) is 11.6 Å². The Morgan fingerprint density at radius 3 is 2.96 bits per heavy atom. The number of aromatic nitrogens is 6. The summed E-state index contributed by atoms with van der Waals surface area (Å²) in [4.78, 5) is 16.5. The van der Waals surface area contributed by atoms with E-state index in [9.17, 15) is 4.79 Å². The van der Waals surface area contributed by atoms with Crippen LogP contribution in [0, 0.1) is 11.3 Å². The van der Waals surface area contributed by atoms with E-state index in [1.165, 1.54) is 33.2 Å². The summed E-state index contributed by atoms with van der Waals surface area (Å²) in [5, 5.41) is 21.0. The van der Waals surface area contributed by atoms with Crippen molar-refractivity contribution in [2.24, 2.45) is 0 Å². The molecule has 1 aromatic carbocycles. The first-order valence-corrected chi connectivity index (χ1v) is 9.02. The lowest BCUT2D eigenvalue weighted by atomic mass is 10.2. The number of nitrogens with one attached hydrogen (secondary N) is 1. The molecule has 0 saturated heterocycles. The quantitative estimate of drug-likeness (QED) is 0.396. The lowest BCUT2D eigenvalue weighted by Gasteiger charge is -2.04. The second kappa shape index (κ2) is 6.79. The summed E-state index contributed by atoms with van der Waals surface area (Å²) in [5.74, 6) is 6.91. The Morgan fingerprint density at radius 1 is 1.33 bits per heavy atom. The van der Waals surface area contributed by atoms with Gasteiger partial charge in [0.2, 0.25) is 5.16 Å². The standard InChI is InChI=1S/C16H11ClN8OS/c17-11-3-1-2-9(4-11)15-22-23-16(24(15)19)27-8-12-5-13(26)25-14(21-12)10(6-18)7-20-25/h1-5,7,20H,8,19H2. The van der Waals surface area contributed by atoms with Crippen molar-refractivity contribution in [2.75, 3.05) is 5.84 Å². The first-order chi connectivity index (χ1) is 13.1. The Kier molecular flexibility index (Phi) is 4.31. The summed E-state index contributed by atoms with van der Waals surface area (Å²) in [6.07, 6.45) is 1.44. The van der Waals surface area contributed by atoms with Crippen molar-refractivity contribution in [3.63, 3.8) is 0 Å². The van der Waals surface area contributed by atoms with E-state index < -0.39 is 0 Å². The van der Waals surface area contributed by atoms with Gasteiger partial charge in [-0.2, -0.15) is 5.26 Å². The van der Waals surface area contributed by atoms with Crippen molar-refractivity contribution in [1.29, 1.82) is 5.26 Å². The van der Waals surface area contributed by atoms with Gasteiger partial charge in [-0.15, -0.1) is 10.2 Å². The highest BCUT2D eigenvalue weighted by atomic mass is 35.5. The average molecular weight is 399 g/mol. The van der Waals surface area contributed by atoms with Gasteiger partial charge in [-0.1, -0.05) is 35.5 Å². The van der Waals surface area contributed by atoms with E-state index >= 15 is 0 Å². The molecule has 0 atom stereocenters. The van der Waals surface area contributed by atoms with Gasteiger partial charge in [0.05, 0.1) is 5.69 Å². The minimum atomic E-state index is -0.300. The first kappa shape index (κ1) is 17.1. The van der Waals surface area contributed by atoms with Crippen LogP contribution in [-0.4, -0.2) is 29.5 Å². The average Bonchev–Trinajstić information content (AvgIpc) is 3.23. The van der Waals surface area contributed by atoms with Crippen molar-refractivity contribution in [2.45, 2.75) is 10.9 Å². The fourth-order valence-electron chi connectivity index (χ4n) is 2.52. The molecule has 27 heavy (non-hydrogen) atoms. The Hall–Kier alpha value is -3.29. The molecule has 4 rings (SSSR count). The molecular formula is C16H11ClN8OS. The molecular weight excluding hydrogens is 388 g/mol. The number of nitrogens with two attached hydrogens (primary N) is 1. The van der Waals surface area contributed by atoms with E-state index in [0.29, 0.717) is 33.0 Å². The number of rotatable bonds is 4. The van der Waals surface area contributed by atoms with E-state index in [1.54, 1.807) is 18.2 Å². The van der Waals surface area contributed by atoms with Crippen LogP contribution in [-0.2, 0) is 5.75 Å². The van der Waals surface area contributed by atoms with Gasteiger partial charge in [-0.05, 0) is 12.1 Å². The lowest BCUT2D eigenvalue weighted by molar-refractivity contribution is 0.847. The van der Waals surface area contributed by atoms with Crippen LogP contribution in [0.4, 0.5) is 0 Å². The fourth-order valence-corrected chi connectivity index (χ4v) is 3.46. The Balaban J connectivity index is 1.60. The normalized spacial score (nSPS) is 11.0. The number of nitrogens with zero attached hydrogens (tertiary/aromatic N) is 6. The molecule has 0 spiro atoms. The zero-order valence-electron chi connectivity index (χ0n) is 13.6. The van der Waals surface area contributed by atoms with Crippen molar-refractivity contribution in [3.05, 3.63) is 63.2 Å². The van der Waals surface area contributed by atoms with Crippen LogP contribution in [0.2, 0.25) is 5.02 Å². The van der Waals surface area contributed by atoms with Crippen LogP contribution in [0.25, 0.3) is 17.0 Å². The summed E-state index contributed by atoms with van der Waals surface area (Å²) in [6, 6.07) is 10.5. The third kappa shape index (κ3) is 3.14. The number of thioether (sulfide) groups is 1. The molecule has 0 saturated carbocycles. The van der Waals surface area contributed by atoms with Gasteiger partial charge in [0.15, 0.2) is 11.5 Å². The van der Waals surface area contributed by atoms with Gasteiger partial charge < -0.3 is 5.84 Å². The largest absolute Gasteiger partial charge is 0.335 e. The maximum Gasteiger partial charge on any atom is 0.272 e. The molecule has 3 heterocycles. The van der Waals surface area contributed by atoms with Gasteiger partial charge in [0, 0.05) is 28.6 Å². The summed E-state index contributed by atoms with van der Waals surface area (Å²) in [7, 11) is 0. The maximum absolute atomic E-state index is 12.1. The third-order valence-electron chi connectivity index (χ3n) is 3.77. The van der Waals surface area contributed by atoms with Crippen molar-refractivity contribution >= 4 is 29.0 Å². The second-order valence-electron chi connectivity index (χ2n) is 5.52. The maximum atomic E-state index is 12.1. The van der Waals surface area contributed by atoms with Gasteiger partial charge in [0.25, 0.3) is 5.56 Å².